The van der Waals surface area contributed by atoms with E-state index in [0.29, 0.717) is 17.5 Å². The molecule has 94 valence electrons. The molecular weight excluding hydrogens is 236 g/mol. The van der Waals surface area contributed by atoms with E-state index in [1.807, 2.05) is 18.2 Å². The average molecular weight is 255 g/mol. The first-order valence-corrected chi connectivity index (χ1v) is 6.66. The third kappa shape index (κ3) is 3.62. The molecule has 1 aliphatic carbocycles. The summed E-state index contributed by atoms with van der Waals surface area (Å²) in [5.74, 6) is 0.771. The Bertz CT molecular complexity index is 370. The molecule has 0 amide bonds. The summed E-state index contributed by atoms with van der Waals surface area (Å²) < 4.78 is 5.87. The minimum absolute atomic E-state index is 0.329. The van der Waals surface area contributed by atoms with Gasteiger partial charge in [0.2, 0.25) is 0 Å². The number of halogens is 1. The molecule has 0 bridgehead atoms. The van der Waals surface area contributed by atoms with E-state index in [9.17, 15) is 5.11 Å². The fraction of sp³-hybridized carbons (Fsp3) is 0.571. The molecule has 1 atom stereocenters. The molecule has 0 aromatic heterocycles. The second-order valence-electron chi connectivity index (χ2n) is 4.84. The van der Waals surface area contributed by atoms with Crippen molar-refractivity contribution in [2.24, 2.45) is 0 Å². The highest BCUT2D eigenvalue weighted by molar-refractivity contribution is 6.32. The molecule has 2 nitrogen and oxygen atoms in total. The van der Waals surface area contributed by atoms with Crippen molar-refractivity contribution in [1.29, 1.82) is 0 Å². The Kier molecular flexibility index (Phi) is 4.30. The highest BCUT2D eigenvalue weighted by Crippen LogP contribution is 2.30. The lowest BCUT2D eigenvalue weighted by Crippen LogP contribution is -2.11. The van der Waals surface area contributed by atoms with E-state index in [4.69, 9.17) is 16.3 Å². The maximum atomic E-state index is 9.32. The first kappa shape index (κ1) is 12.7. The zero-order valence-corrected chi connectivity index (χ0v) is 10.9. The Labute approximate surface area is 108 Å². The molecule has 2 rings (SSSR count). The van der Waals surface area contributed by atoms with Gasteiger partial charge in [0.15, 0.2) is 0 Å². The third-order valence-electron chi connectivity index (χ3n) is 3.12. The van der Waals surface area contributed by atoms with Crippen LogP contribution in [0, 0.1) is 0 Å². The van der Waals surface area contributed by atoms with E-state index in [-0.39, 0.29) is 6.10 Å². The van der Waals surface area contributed by atoms with Gasteiger partial charge in [-0.1, -0.05) is 17.7 Å². The van der Waals surface area contributed by atoms with E-state index in [2.05, 4.69) is 0 Å². The standard InChI is InChI=1S/C14H19ClO2/c1-10(16)8-11-6-7-14(13(15)9-11)17-12-4-2-3-5-12/h6-7,9-10,12,16H,2-5,8H2,1H3. The van der Waals surface area contributed by atoms with Crippen molar-refractivity contribution in [3.8, 4) is 5.75 Å². The predicted octanol–water partition coefficient (Wildman–Crippen LogP) is 3.58. The lowest BCUT2D eigenvalue weighted by atomic mass is 10.1. The van der Waals surface area contributed by atoms with Gasteiger partial charge in [-0.05, 0) is 56.7 Å². The van der Waals surface area contributed by atoms with Crippen LogP contribution in [0.2, 0.25) is 5.02 Å². The topological polar surface area (TPSA) is 29.5 Å². The van der Waals surface area contributed by atoms with Crippen LogP contribution in [0.4, 0.5) is 0 Å². The van der Waals surface area contributed by atoms with Crippen LogP contribution >= 0.6 is 11.6 Å². The lowest BCUT2D eigenvalue weighted by Gasteiger charge is -2.15. The van der Waals surface area contributed by atoms with Crippen molar-refractivity contribution in [3.63, 3.8) is 0 Å². The Morgan fingerprint density at radius 3 is 2.71 bits per heavy atom. The molecular formula is C14H19ClO2. The summed E-state index contributed by atoms with van der Waals surface area (Å²) in [5, 5.41) is 9.97. The Morgan fingerprint density at radius 1 is 1.41 bits per heavy atom. The molecule has 1 fully saturated rings. The first-order chi connectivity index (χ1) is 8.15. The lowest BCUT2D eigenvalue weighted by molar-refractivity contribution is 0.195. The van der Waals surface area contributed by atoms with Gasteiger partial charge in [-0.15, -0.1) is 0 Å². The zero-order chi connectivity index (χ0) is 12.3. The second kappa shape index (κ2) is 5.74. The molecule has 1 saturated carbocycles. The number of ether oxygens (including phenoxy) is 1. The van der Waals surface area contributed by atoms with Gasteiger partial charge in [-0.25, -0.2) is 0 Å². The van der Waals surface area contributed by atoms with Crippen molar-refractivity contribution < 1.29 is 9.84 Å². The average Bonchev–Trinajstić information content (AvgIpc) is 2.74. The van der Waals surface area contributed by atoms with Gasteiger partial charge in [0.25, 0.3) is 0 Å². The molecule has 1 unspecified atom stereocenters. The van der Waals surface area contributed by atoms with Crippen LogP contribution in [0.5, 0.6) is 5.75 Å². The quantitative estimate of drug-likeness (QED) is 0.890. The summed E-state index contributed by atoms with van der Waals surface area (Å²) in [6, 6.07) is 5.78. The summed E-state index contributed by atoms with van der Waals surface area (Å²) in [4.78, 5) is 0. The number of aliphatic hydroxyl groups is 1. The fourth-order valence-corrected chi connectivity index (χ4v) is 2.54. The monoisotopic (exact) mass is 254 g/mol. The normalized spacial score (nSPS) is 18.3. The second-order valence-corrected chi connectivity index (χ2v) is 5.25. The molecule has 17 heavy (non-hydrogen) atoms. The van der Waals surface area contributed by atoms with E-state index in [1.165, 1.54) is 12.8 Å². The zero-order valence-electron chi connectivity index (χ0n) is 10.2. The van der Waals surface area contributed by atoms with Crippen LogP contribution in [0.3, 0.4) is 0 Å². The smallest absolute Gasteiger partial charge is 0.138 e. The highest BCUT2D eigenvalue weighted by Gasteiger charge is 2.17. The molecule has 1 aliphatic rings. The largest absolute Gasteiger partial charge is 0.489 e. The minimum atomic E-state index is -0.340. The maximum absolute atomic E-state index is 9.32. The van der Waals surface area contributed by atoms with Crippen LogP contribution in [0.15, 0.2) is 18.2 Å². The van der Waals surface area contributed by atoms with Crippen molar-refractivity contribution in [2.45, 2.75) is 51.2 Å². The van der Waals surface area contributed by atoms with E-state index >= 15 is 0 Å². The van der Waals surface area contributed by atoms with E-state index in [1.54, 1.807) is 6.92 Å². The molecule has 0 heterocycles. The summed E-state index contributed by atoms with van der Waals surface area (Å²) >= 11 is 6.18. The fourth-order valence-electron chi connectivity index (χ4n) is 2.29. The van der Waals surface area contributed by atoms with Gasteiger partial charge >= 0.3 is 0 Å². The Morgan fingerprint density at radius 2 is 2.12 bits per heavy atom. The number of rotatable bonds is 4. The molecule has 1 aromatic carbocycles. The Balaban J connectivity index is 2.03. The van der Waals surface area contributed by atoms with Gasteiger partial charge in [-0.2, -0.15) is 0 Å². The highest BCUT2D eigenvalue weighted by atomic mass is 35.5. The molecule has 0 radical (unpaired) electrons. The van der Waals surface area contributed by atoms with Crippen LogP contribution in [0.1, 0.15) is 38.2 Å². The van der Waals surface area contributed by atoms with Gasteiger partial charge in [0.05, 0.1) is 17.2 Å². The van der Waals surface area contributed by atoms with Crippen LogP contribution in [0.25, 0.3) is 0 Å². The maximum Gasteiger partial charge on any atom is 0.138 e. The van der Waals surface area contributed by atoms with Crippen molar-refractivity contribution >= 4 is 11.6 Å². The van der Waals surface area contributed by atoms with E-state index in [0.717, 1.165) is 24.2 Å². The van der Waals surface area contributed by atoms with Crippen molar-refractivity contribution in [1.82, 2.24) is 0 Å². The number of hydrogen-bond acceptors (Lipinski definition) is 2. The van der Waals surface area contributed by atoms with Gasteiger partial charge < -0.3 is 9.84 Å². The van der Waals surface area contributed by atoms with Crippen LogP contribution < -0.4 is 4.74 Å². The molecule has 1 aromatic rings. The van der Waals surface area contributed by atoms with Crippen LogP contribution in [-0.2, 0) is 6.42 Å². The Hall–Kier alpha value is -0.730. The van der Waals surface area contributed by atoms with Crippen molar-refractivity contribution in [3.05, 3.63) is 28.8 Å². The number of benzene rings is 1. The molecule has 1 N–H and O–H groups in total. The third-order valence-corrected chi connectivity index (χ3v) is 3.42. The summed E-state index contributed by atoms with van der Waals surface area (Å²) in [5.41, 5.74) is 1.05. The van der Waals surface area contributed by atoms with Gasteiger partial charge in [0.1, 0.15) is 5.75 Å². The number of hydrogen-bond donors (Lipinski definition) is 1. The first-order valence-electron chi connectivity index (χ1n) is 6.28. The molecule has 0 aliphatic heterocycles. The number of aliphatic hydroxyl groups excluding tert-OH is 1. The SMILES string of the molecule is CC(O)Cc1ccc(OC2CCCC2)c(Cl)c1. The molecule has 0 spiro atoms. The van der Waals surface area contributed by atoms with Crippen LogP contribution in [-0.4, -0.2) is 17.3 Å². The van der Waals surface area contributed by atoms with Gasteiger partial charge in [0, 0.05) is 0 Å². The molecule has 3 heteroatoms. The van der Waals surface area contributed by atoms with Gasteiger partial charge in [-0.3, -0.25) is 0 Å². The minimum Gasteiger partial charge on any atom is -0.489 e. The predicted molar refractivity (Wildman–Crippen MR) is 69.7 cm³/mol. The summed E-state index contributed by atoms with van der Waals surface area (Å²) in [6.07, 6.45) is 5.38. The summed E-state index contributed by atoms with van der Waals surface area (Å²) in [7, 11) is 0. The summed E-state index contributed by atoms with van der Waals surface area (Å²) in [6.45, 7) is 1.77. The molecule has 0 saturated heterocycles. The van der Waals surface area contributed by atoms with Crippen molar-refractivity contribution in [2.75, 3.05) is 0 Å². The van der Waals surface area contributed by atoms with E-state index < -0.39 is 0 Å².